The maximum Gasteiger partial charge on any atom is 0.300 e. The van der Waals surface area contributed by atoms with Crippen molar-refractivity contribution in [3.05, 3.63) is 87.4 Å². The maximum absolute atomic E-state index is 13.7. The molecule has 1 unspecified atom stereocenters. The third kappa shape index (κ3) is 3.27. The number of aliphatic hydroxyl groups excluding tert-OH is 1. The Hall–Kier alpha value is -3.45. The van der Waals surface area contributed by atoms with Gasteiger partial charge in [0, 0.05) is 16.1 Å². The quantitative estimate of drug-likeness (QED) is 0.371. The van der Waals surface area contributed by atoms with Crippen LogP contribution >= 0.6 is 11.3 Å². The molecule has 1 aliphatic heterocycles. The molecule has 1 aromatic heterocycles. The topological polar surface area (TPSA) is 66.8 Å². The van der Waals surface area contributed by atoms with E-state index in [0.717, 1.165) is 4.88 Å². The van der Waals surface area contributed by atoms with Crippen LogP contribution in [0.3, 0.4) is 0 Å². The molecule has 7 heteroatoms. The van der Waals surface area contributed by atoms with Crippen LogP contribution in [0.2, 0.25) is 0 Å². The lowest BCUT2D eigenvalue weighted by Crippen LogP contribution is -2.29. The molecule has 152 valence electrons. The van der Waals surface area contributed by atoms with Crippen LogP contribution in [0.1, 0.15) is 22.0 Å². The van der Waals surface area contributed by atoms with Gasteiger partial charge >= 0.3 is 0 Å². The first kappa shape index (κ1) is 19.8. The second kappa shape index (κ2) is 7.76. The largest absolute Gasteiger partial charge is 0.507 e. The maximum atomic E-state index is 13.7. The summed E-state index contributed by atoms with van der Waals surface area (Å²) >= 11 is 1.38. The minimum atomic E-state index is -0.788. The zero-order valence-corrected chi connectivity index (χ0v) is 17.1. The highest BCUT2D eigenvalue weighted by Crippen LogP contribution is 2.43. The standard InChI is InChI=1S/C23H18FNO4S/c1-13-12-14(5-10-17(13)24)21(26)19-20(18-4-3-11-30-18)25(23(28)22(19)27)15-6-8-16(29-2)9-7-15/h3-12,20,26H,1-2H3/b21-19-. The Labute approximate surface area is 176 Å². The third-order valence-corrected chi connectivity index (χ3v) is 5.96. The summed E-state index contributed by atoms with van der Waals surface area (Å²) in [5.41, 5.74) is 1.09. The molecule has 3 aromatic rings. The van der Waals surface area contributed by atoms with E-state index in [1.54, 1.807) is 37.3 Å². The molecule has 5 nitrogen and oxygen atoms in total. The van der Waals surface area contributed by atoms with E-state index in [2.05, 4.69) is 0 Å². The number of carbonyl (C=O) groups is 2. The van der Waals surface area contributed by atoms with E-state index in [1.165, 1.54) is 41.5 Å². The molecule has 1 amide bonds. The molecule has 1 aliphatic rings. The number of ketones is 1. The number of aryl methyl sites for hydroxylation is 1. The Morgan fingerprint density at radius 2 is 1.87 bits per heavy atom. The Morgan fingerprint density at radius 3 is 2.47 bits per heavy atom. The number of carbonyl (C=O) groups excluding carboxylic acids is 2. The van der Waals surface area contributed by atoms with Crippen molar-refractivity contribution in [3.63, 3.8) is 0 Å². The SMILES string of the molecule is COc1ccc(N2C(=O)C(=O)/C(=C(\O)c3ccc(F)c(C)c3)C2c2cccs2)cc1. The summed E-state index contributed by atoms with van der Waals surface area (Å²) in [6.45, 7) is 1.57. The van der Waals surface area contributed by atoms with Crippen molar-refractivity contribution in [2.24, 2.45) is 0 Å². The van der Waals surface area contributed by atoms with E-state index in [9.17, 15) is 19.1 Å². The number of Topliss-reactive ketones (excluding diaryl/α,β-unsaturated/α-hetero) is 1. The zero-order valence-electron chi connectivity index (χ0n) is 16.3. The first-order valence-electron chi connectivity index (χ1n) is 9.17. The van der Waals surface area contributed by atoms with Crippen molar-refractivity contribution < 1.29 is 23.8 Å². The van der Waals surface area contributed by atoms with Crippen molar-refractivity contribution in [3.8, 4) is 5.75 Å². The fraction of sp³-hybridized carbons (Fsp3) is 0.130. The van der Waals surface area contributed by atoms with E-state index in [4.69, 9.17) is 4.74 Å². The first-order valence-corrected chi connectivity index (χ1v) is 10.1. The molecular weight excluding hydrogens is 405 g/mol. The minimum absolute atomic E-state index is 0.0238. The molecule has 2 aromatic carbocycles. The van der Waals surface area contributed by atoms with Crippen LogP contribution in [-0.2, 0) is 9.59 Å². The fourth-order valence-electron chi connectivity index (χ4n) is 3.51. The fourth-order valence-corrected chi connectivity index (χ4v) is 4.33. The Kier molecular flexibility index (Phi) is 5.13. The number of rotatable bonds is 4. The molecule has 1 saturated heterocycles. The molecule has 1 fully saturated rings. The van der Waals surface area contributed by atoms with Gasteiger partial charge in [-0.3, -0.25) is 14.5 Å². The van der Waals surface area contributed by atoms with Gasteiger partial charge in [-0.15, -0.1) is 11.3 Å². The molecule has 30 heavy (non-hydrogen) atoms. The van der Waals surface area contributed by atoms with E-state index in [0.29, 0.717) is 17.0 Å². The van der Waals surface area contributed by atoms with Crippen LogP contribution in [-0.4, -0.2) is 23.9 Å². The van der Waals surface area contributed by atoms with Gasteiger partial charge in [0.05, 0.1) is 12.7 Å². The Morgan fingerprint density at radius 1 is 1.13 bits per heavy atom. The summed E-state index contributed by atoms with van der Waals surface area (Å²) in [5, 5.41) is 12.8. The van der Waals surface area contributed by atoms with Crippen molar-refractivity contribution in [1.29, 1.82) is 0 Å². The lowest BCUT2D eigenvalue weighted by Gasteiger charge is -2.24. The smallest absolute Gasteiger partial charge is 0.300 e. The molecule has 2 heterocycles. The minimum Gasteiger partial charge on any atom is -0.507 e. The van der Waals surface area contributed by atoms with Crippen molar-refractivity contribution in [1.82, 2.24) is 0 Å². The number of methoxy groups -OCH3 is 1. The summed E-state index contributed by atoms with van der Waals surface area (Å²) in [6, 6.07) is 13.7. The number of benzene rings is 2. The second-order valence-corrected chi connectivity index (χ2v) is 7.83. The van der Waals surface area contributed by atoms with Gasteiger partial charge in [-0.1, -0.05) is 6.07 Å². The number of thiophene rings is 1. The molecule has 0 saturated carbocycles. The Bertz CT molecular complexity index is 1150. The highest BCUT2D eigenvalue weighted by Gasteiger charge is 2.47. The molecule has 0 radical (unpaired) electrons. The van der Waals surface area contributed by atoms with Gasteiger partial charge in [0.15, 0.2) is 0 Å². The number of aliphatic hydroxyl groups is 1. The van der Waals surface area contributed by atoms with Crippen LogP contribution in [0.15, 0.2) is 65.6 Å². The summed E-state index contributed by atoms with van der Waals surface area (Å²) in [5.74, 6) is -1.65. The highest BCUT2D eigenvalue weighted by atomic mass is 32.1. The van der Waals surface area contributed by atoms with Gasteiger partial charge < -0.3 is 9.84 Å². The van der Waals surface area contributed by atoms with Gasteiger partial charge in [-0.2, -0.15) is 0 Å². The number of anilines is 1. The molecule has 4 rings (SSSR count). The van der Waals surface area contributed by atoms with Gasteiger partial charge in [-0.25, -0.2) is 4.39 Å². The van der Waals surface area contributed by atoms with Crippen LogP contribution in [0.25, 0.3) is 5.76 Å². The van der Waals surface area contributed by atoms with Gasteiger partial charge in [0.2, 0.25) is 0 Å². The summed E-state index contributed by atoms with van der Waals surface area (Å²) < 4.78 is 18.9. The lowest BCUT2D eigenvalue weighted by atomic mass is 9.99. The molecule has 0 aliphatic carbocycles. The van der Waals surface area contributed by atoms with Crippen LogP contribution in [0, 0.1) is 12.7 Å². The van der Waals surface area contributed by atoms with Gasteiger partial charge in [-0.05, 0) is 66.4 Å². The monoisotopic (exact) mass is 423 g/mol. The number of halogens is 1. The summed E-state index contributed by atoms with van der Waals surface area (Å²) in [7, 11) is 1.54. The van der Waals surface area contributed by atoms with Crippen molar-refractivity contribution in [2.75, 3.05) is 12.0 Å². The second-order valence-electron chi connectivity index (χ2n) is 6.85. The molecule has 1 N–H and O–H groups in total. The number of ether oxygens (including phenoxy) is 1. The predicted octanol–water partition coefficient (Wildman–Crippen LogP) is 4.83. The number of hydrogen-bond donors (Lipinski definition) is 1. The van der Waals surface area contributed by atoms with Crippen LogP contribution < -0.4 is 9.64 Å². The Balaban J connectivity index is 1.90. The van der Waals surface area contributed by atoms with E-state index in [1.807, 2.05) is 11.4 Å². The van der Waals surface area contributed by atoms with Crippen molar-refractivity contribution >= 4 is 34.5 Å². The van der Waals surface area contributed by atoms with Crippen molar-refractivity contribution in [2.45, 2.75) is 13.0 Å². The first-order chi connectivity index (χ1) is 14.4. The van der Waals surface area contributed by atoms with Crippen LogP contribution in [0.4, 0.5) is 10.1 Å². The van der Waals surface area contributed by atoms with Gasteiger partial charge in [0.25, 0.3) is 11.7 Å². The normalized spacial score (nSPS) is 18.1. The molecular formula is C23H18FNO4S. The lowest BCUT2D eigenvalue weighted by molar-refractivity contribution is -0.132. The average molecular weight is 423 g/mol. The zero-order chi connectivity index (χ0) is 21.4. The van der Waals surface area contributed by atoms with E-state index in [-0.39, 0.29) is 16.9 Å². The highest BCUT2D eigenvalue weighted by molar-refractivity contribution is 7.10. The summed E-state index contributed by atoms with van der Waals surface area (Å²) in [6.07, 6.45) is 0. The summed E-state index contributed by atoms with van der Waals surface area (Å²) in [4.78, 5) is 28.1. The van der Waals surface area contributed by atoms with Crippen LogP contribution in [0.5, 0.6) is 5.75 Å². The predicted molar refractivity (Wildman–Crippen MR) is 113 cm³/mol. The van der Waals surface area contributed by atoms with E-state index < -0.39 is 23.5 Å². The number of amides is 1. The van der Waals surface area contributed by atoms with E-state index >= 15 is 0 Å². The molecule has 1 atom stereocenters. The number of nitrogens with zero attached hydrogens (tertiary/aromatic N) is 1. The molecule has 0 spiro atoms. The number of hydrogen-bond acceptors (Lipinski definition) is 5. The van der Waals surface area contributed by atoms with Gasteiger partial charge in [0.1, 0.15) is 23.4 Å². The average Bonchev–Trinajstić information content (AvgIpc) is 3.37. The molecule has 0 bridgehead atoms. The third-order valence-electron chi connectivity index (χ3n) is 5.04.